The van der Waals surface area contributed by atoms with Crippen molar-refractivity contribution in [2.75, 3.05) is 5.32 Å². The summed E-state index contributed by atoms with van der Waals surface area (Å²) in [7, 11) is 0. The maximum atomic E-state index is 12.4. The van der Waals surface area contributed by atoms with Gasteiger partial charge in [-0.25, -0.2) is 0 Å². The van der Waals surface area contributed by atoms with E-state index in [2.05, 4.69) is 5.32 Å². The van der Waals surface area contributed by atoms with Gasteiger partial charge >= 0.3 is 0 Å². The minimum atomic E-state index is -0.518. The number of benzene rings is 2. The molecular weight excluding hydrogens is 318 g/mol. The van der Waals surface area contributed by atoms with Gasteiger partial charge < -0.3 is 5.32 Å². The number of nitriles is 1. The lowest BCUT2D eigenvalue weighted by molar-refractivity contribution is -0.384. The topological polar surface area (TPSA) is 96.0 Å². The fourth-order valence-electron chi connectivity index (χ4n) is 2.57. The largest absolute Gasteiger partial charge is 0.321 e. The summed E-state index contributed by atoms with van der Waals surface area (Å²) in [5, 5.41) is 22.7. The number of carbonyl (C=O) groups excluding carboxylic acids is 1. The highest BCUT2D eigenvalue weighted by atomic mass is 16.6. The smallest absolute Gasteiger partial charge is 0.269 e. The van der Waals surface area contributed by atoms with Crippen molar-refractivity contribution in [1.82, 2.24) is 0 Å². The van der Waals surface area contributed by atoms with Crippen LogP contribution in [-0.2, 0) is 4.79 Å². The van der Waals surface area contributed by atoms with Crippen molar-refractivity contribution in [3.05, 3.63) is 74.3 Å². The second-order valence-electron chi connectivity index (χ2n) is 5.75. The van der Waals surface area contributed by atoms with Crippen molar-refractivity contribution in [2.24, 2.45) is 0 Å². The number of nitro groups is 1. The second kappa shape index (κ2) is 7.41. The summed E-state index contributed by atoms with van der Waals surface area (Å²) >= 11 is 0. The Morgan fingerprint density at radius 2 is 1.72 bits per heavy atom. The van der Waals surface area contributed by atoms with Gasteiger partial charge in [-0.2, -0.15) is 5.26 Å². The Morgan fingerprint density at radius 1 is 1.16 bits per heavy atom. The van der Waals surface area contributed by atoms with Gasteiger partial charge in [-0.1, -0.05) is 17.7 Å². The van der Waals surface area contributed by atoms with Crippen molar-refractivity contribution < 1.29 is 9.72 Å². The standard InChI is InChI=1S/C19H17N3O3/c1-12-8-13(2)18(14(3)9-12)21-19(23)16(11-20)10-15-4-6-17(7-5-15)22(24)25/h4-10H,1-3H3,(H,21,23)/b16-10+. The maximum Gasteiger partial charge on any atom is 0.269 e. The van der Waals surface area contributed by atoms with Gasteiger partial charge in [-0.15, -0.1) is 0 Å². The molecule has 2 rings (SSSR count). The number of nitrogens with one attached hydrogen (secondary N) is 1. The highest BCUT2D eigenvalue weighted by Gasteiger charge is 2.13. The van der Waals surface area contributed by atoms with E-state index in [1.807, 2.05) is 39.0 Å². The molecule has 0 aromatic heterocycles. The zero-order chi connectivity index (χ0) is 18.6. The van der Waals surface area contributed by atoms with Gasteiger partial charge in [0.2, 0.25) is 0 Å². The Bertz CT molecular complexity index is 883. The number of anilines is 1. The van der Waals surface area contributed by atoms with Crippen LogP contribution < -0.4 is 5.32 Å². The van der Waals surface area contributed by atoms with Crippen molar-refractivity contribution in [1.29, 1.82) is 5.26 Å². The number of aryl methyl sites for hydroxylation is 3. The van der Waals surface area contributed by atoms with Crippen LogP contribution >= 0.6 is 0 Å². The van der Waals surface area contributed by atoms with Gasteiger partial charge in [0, 0.05) is 17.8 Å². The van der Waals surface area contributed by atoms with Crippen molar-refractivity contribution in [3.63, 3.8) is 0 Å². The lowest BCUT2D eigenvalue weighted by atomic mass is 10.0. The highest BCUT2D eigenvalue weighted by Crippen LogP contribution is 2.23. The fraction of sp³-hybridized carbons (Fsp3) is 0.158. The van der Waals surface area contributed by atoms with Crippen LogP contribution in [0.15, 0.2) is 42.0 Å². The van der Waals surface area contributed by atoms with Crippen molar-refractivity contribution in [2.45, 2.75) is 20.8 Å². The number of non-ortho nitro benzene ring substituents is 1. The maximum absolute atomic E-state index is 12.4. The molecule has 0 aliphatic heterocycles. The molecule has 6 nitrogen and oxygen atoms in total. The number of nitro benzene ring substituents is 1. The Labute approximate surface area is 145 Å². The van der Waals surface area contributed by atoms with E-state index in [0.29, 0.717) is 11.3 Å². The molecule has 0 aliphatic carbocycles. The highest BCUT2D eigenvalue weighted by molar-refractivity contribution is 6.10. The Balaban J connectivity index is 2.27. The van der Waals surface area contributed by atoms with E-state index < -0.39 is 10.8 Å². The SMILES string of the molecule is Cc1cc(C)c(NC(=O)/C(C#N)=C/c2ccc([N+](=O)[O-])cc2)c(C)c1. The van der Waals surface area contributed by atoms with E-state index in [0.717, 1.165) is 16.7 Å². The Kier molecular flexibility index (Phi) is 5.30. The van der Waals surface area contributed by atoms with Crippen LogP contribution in [0.1, 0.15) is 22.3 Å². The molecule has 0 fully saturated rings. The van der Waals surface area contributed by atoms with Crippen LogP contribution in [0.4, 0.5) is 11.4 Å². The van der Waals surface area contributed by atoms with Crippen molar-refractivity contribution in [3.8, 4) is 6.07 Å². The first-order valence-electron chi connectivity index (χ1n) is 7.57. The number of hydrogen-bond acceptors (Lipinski definition) is 4. The molecule has 0 bridgehead atoms. The lowest BCUT2D eigenvalue weighted by Crippen LogP contribution is -2.15. The molecule has 0 atom stereocenters. The molecule has 0 unspecified atom stereocenters. The van der Waals surface area contributed by atoms with Gasteiger partial charge in [0.25, 0.3) is 11.6 Å². The second-order valence-corrected chi connectivity index (χ2v) is 5.75. The molecule has 0 heterocycles. The van der Waals surface area contributed by atoms with E-state index in [-0.39, 0.29) is 11.3 Å². The minimum Gasteiger partial charge on any atom is -0.321 e. The summed E-state index contributed by atoms with van der Waals surface area (Å²) in [5.41, 5.74) is 4.02. The normalized spacial score (nSPS) is 10.9. The Hall–Kier alpha value is -3.46. The van der Waals surface area contributed by atoms with Crippen LogP contribution in [0.2, 0.25) is 0 Å². The monoisotopic (exact) mass is 335 g/mol. The molecule has 0 aliphatic rings. The molecule has 1 amide bonds. The molecule has 2 aromatic rings. The van der Waals surface area contributed by atoms with Crippen LogP contribution in [0.25, 0.3) is 6.08 Å². The first-order valence-corrected chi connectivity index (χ1v) is 7.57. The molecular formula is C19H17N3O3. The zero-order valence-corrected chi connectivity index (χ0v) is 14.2. The van der Waals surface area contributed by atoms with Crippen LogP contribution in [0.5, 0.6) is 0 Å². The summed E-state index contributed by atoms with van der Waals surface area (Å²) in [6.45, 7) is 5.75. The van der Waals surface area contributed by atoms with Gasteiger partial charge in [-0.05, 0) is 55.7 Å². The predicted octanol–water partition coefficient (Wildman–Crippen LogP) is 4.07. The third-order valence-electron chi connectivity index (χ3n) is 3.70. The van der Waals surface area contributed by atoms with E-state index in [1.54, 1.807) is 0 Å². The molecule has 1 N–H and O–H groups in total. The quantitative estimate of drug-likeness (QED) is 0.394. The summed E-state index contributed by atoms with van der Waals surface area (Å²) in [6, 6.07) is 11.4. The molecule has 0 spiro atoms. The van der Waals surface area contributed by atoms with Crippen LogP contribution in [-0.4, -0.2) is 10.8 Å². The van der Waals surface area contributed by atoms with Gasteiger partial charge in [0.1, 0.15) is 11.6 Å². The first-order chi connectivity index (χ1) is 11.8. The van der Waals surface area contributed by atoms with Crippen LogP contribution in [0.3, 0.4) is 0 Å². The van der Waals surface area contributed by atoms with E-state index in [4.69, 9.17) is 0 Å². The molecule has 126 valence electrons. The average molecular weight is 335 g/mol. The zero-order valence-electron chi connectivity index (χ0n) is 14.2. The predicted molar refractivity (Wildman–Crippen MR) is 96.0 cm³/mol. The van der Waals surface area contributed by atoms with E-state index in [1.165, 1.54) is 30.3 Å². The average Bonchev–Trinajstić information content (AvgIpc) is 2.56. The molecule has 2 aromatic carbocycles. The minimum absolute atomic E-state index is 0.0500. The fourth-order valence-corrected chi connectivity index (χ4v) is 2.57. The number of amides is 1. The number of rotatable bonds is 4. The summed E-state index contributed by atoms with van der Waals surface area (Å²) in [5.74, 6) is -0.518. The summed E-state index contributed by atoms with van der Waals surface area (Å²) < 4.78 is 0. The molecule has 0 saturated carbocycles. The lowest BCUT2D eigenvalue weighted by Gasteiger charge is -2.12. The first kappa shape index (κ1) is 17.9. The molecule has 0 saturated heterocycles. The molecule has 25 heavy (non-hydrogen) atoms. The van der Waals surface area contributed by atoms with Crippen molar-refractivity contribution >= 4 is 23.4 Å². The number of carbonyl (C=O) groups is 1. The van der Waals surface area contributed by atoms with Crippen LogP contribution in [0, 0.1) is 42.2 Å². The summed E-state index contributed by atoms with van der Waals surface area (Å²) in [4.78, 5) is 22.6. The van der Waals surface area contributed by atoms with Gasteiger partial charge in [0.05, 0.1) is 4.92 Å². The number of hydrogen-bond donors (Lipinski definition) is 1. The van der Waals surface area contributed by atoms with E-state index >= 15 is 0 Å². The van der Waals surface area contributed by atoms with Gasteiger partial charge in [-0.3, -0.25) is 14.9 Å². The summed E-state index contributed by atoms with van der Waals surface area (Å²) in [6.07, 6.45) is 1.40. The third kappa shape index (κ3) is 4.30. The van der Waals surface area contributed by atoms with Gasteiger partial charge in [0.15, 0.2) is 0 Å². The van der Waals surface area contributed by atoms with E-state index in [9.17, 15) is 20.2 Å². The third-order valence-corrected chi connectivity index (χ3v) is 3.70. The Morgan fingerprint density at radius 3 is 2.20 bits per heavy atom. The molecule has 6 heteroatoms. The number of nitrogens with zero attached hydrogens (tertiary/aromatic N) is 2. The molecule has 0 radical (unpaired) electrons.